The summed E-state index contributed by atoms with van der Waals surface area (Å²) < 4.78 is 0. The second-order valence-corrected chi connectivity index (χ2v) is 2.98. The van der Waals surface area contributed by atoms with Gasteiger partial charge in [-0.15, -0.1) is 0 Å². The monoisotopic (exact) mass is 160 g/mol. The van der Waals surface area contributed by atoms with Gasteiger partial charge in [0, 0.05) is 6.42 Å². The van der Waals surface area contributed by atoms with Gasteiger partial charge in [0.2, 0.25) is 0 Å². The van der Waals surface area contributed by atoms with E-state index in [2.05, 4.69) is 6.92 Å². The van der Waals surface area contributed by atoms with Gasteiger partial charge in [0.25, 0.3) is 0 Å². The largest absolute Gasteiger partial charge is 0.393 e. The van der Waals surface area contributed by atoms with Crippen LogP contribution in [-0.4, -0.2) is 41.5 Å². The molecule has 0 saturated carbocycles. The first-order valence-corrected chi connectivity index (χ1v) is 3.89. The minimum atomic E-state index is -0.545. The molecule has 0 aromatic carbocycles. The van der Waals surface area contributed by atoms with Crippen LogP contribution in [0.5, 0.6) is 0 Å². The van der Waals surface area contributed by atoms with Crippen molar-refractivity contribution >= 4 is 0 Å². The molecule has 1 radical (unpaired) electrons. The summed E-state index contributed by atoms with van der Waals surface area (Å²) in [5, 5.41) is 18.5. The zero-order chi connectivity index (χ0) is 8.85. The van der Waals surface area contributed by atoms with Crippen molar-refractivity contribution in [1.29, 1.82) is 0 Å². The highest BCUT2D eigenvalue weighted by molar-refractivity contribution is 4.61. The standard InChI is InChI=1S/C8H18NO2/c1-4-5-7(10)6-8(11)9(2)3/h7-8,10-11H,1,4-6H2,2-3H3. The van der Waals surface area contributed by atoms with Gasteiger partial charge in [0.15, 0.2) is 0 Å². The summed E-state index contributed by atoms with van der Waals surface area (Å²) in [6, 6.07) is 0. The topological polar surface area (TPSA) is 43.7 Å². The van der Waals surface area contributed by atoms with Gasteiger partial charge in [0.1, 0.15) is 6.23 Å². The number of hydrogen-bond donors (Lipinski definition) is 2. The molecule has 11 heavy (non-hydrogen) atoms. The van der Waals surface area contributed by atoms with Crippen molar-refractivity contribution in [2.45, 2.75) is 31.6 Å². The lowest BCUT2D eigenvalue weighted by Crippen LogP contribution is -2.31. The Bertz CT molecular complexity index is 96.1. The molecule has 0 heterocycles. The molecule has 0 aliphatic rings. The predicted octanol–water partition coefficient (Wildman–Crippen LogP) is 0.232. The van der Waals surface area contributed by atoms with E-state index in [-0.39, 0.29) is 0 Å². The third-order valence-electron chi connectivity index (χ3n) is 1.62. The third-order valence-corrected chi connectivity index (χ3v) is 1.62. The van der Waals surface area contributed by atoms with E-state index >= 15 is 0 Å². The second-order valence-electron chi connectivity index (χ2n) is 2.98. The fourth-order valence-electron chi connectivity index (χ4n) is 0.808. The van der Waals surface area contributed by atoms with Crippen LogP contribution < -0.4 is 0 Å². The van der Waals surface area contributed by atoms with Gasteiger partial charge in [-0.1, -0.05) is 13.3 Å². The zero-order valence-corrected chi connectivity index (χ0v) is 7.32. The zero-order valence-electron chi connectivity index (χ0n) is 7.32. The SMILES string of the molecule is [CH2]CCC(O)CC(O)N(C)C. The quantitative estimate of drug-likeness (QED) is 0.566. The lowest BCUT2D eigenvalue weighted by atomic mass is 10.1. The molecule has 0 saturated heterocycles. The van der Waals surface area contributed by atoms with Gasteiger partial charge in [-0.2, -0.15) is 0 Å². The molecule has 2 unspecified atom stereocenters. The van der Waals surface area contributed by atoms with Crippen molar-refractivity contribution in [2.24, 2.45) is 0 Å². The molecule has 2 atom stereocenters. The van der Waals surface area contributed by atoms with Gasteiger partial charge < -0.3 is 10.2 Å². The number of aliphatic hydroxyl groups is 2. The number of nitrogens with zero attached hydrogens (tertiary/aromatic N) is 1. The smallest absolute Gasteiger partial charge is 0.109 e. The van der Waals surface area contributed by atoms with E-state index in [1.807, 2.05) is 0 Å². The van der Waals surface area contributed by atoms with Crippen LogP contribution in [0, 0.1) is 6.92 Å². The highest BCUT2D eigenvalue weighted by Gasteiger charge is 2.11. The molecular weight excluding hydrogens is 142 g/mol. The van der Waals surface area contributed by atoms with Crippen molar-refractivity contribution in [2.75, 3.05) is 14.1 Å². The molecule has 67 valence electrons. The summed E-state index contributed by atoms with van der Waals surface area (Å²) in [6.45, 7) is 3.62. The van der Waals surface area contributed by atoms with Gasteiger partial charge >= 0.3 is 0 Å². The fraction of sp³-hybridized carbons (Fsp3) is 0.875. The van der Waals surface area contributed by atoms with E-state index in [4.69, 9.17) is 0 Å². The van der Waals surface area contributed by atoms with Crippen LogP contribution in [0.2, 0.25) is 0 Å². The Morgan fingerprint density at radius 2 is 1.91 bits per heavy atom. The molecule has 0 bridgehead atoms. The number of rotatable bonds is 5. The predicted molar refractivity (Wildman–Crippen MR) is 44.9 cm³/mol. The Morgan fingerprint density at radius 3 is 2.27 bits per heavy atom. The summed E-state index contributed by atoms with van der Waals surface area (Å²) in [5.41, 5.74) is 0. The Labute approximate surface area is 68.6 Å². The average Bonchev–Trinajstić information content (AvgIpc) is 1.87. The van der Waals surface area contributed by atoms with Gasteiger partial charge in [0.05, 0.1) is 6.10 Å². The molecule has 0 fully saturated rings. The molecule has 0 aliphatic heterocycles. The Morgan fingerprint density at radius 1 is 1.36 bits per heavy atom. The Hall–Kier alpha value is -0.120. The molecule has 0 aromatic rings. The van der Waals surface area contributed by atoms with Crippen LogP contribution in [-0.2, 0) is 0 Å². The Balaban J connectivity index is 3.48. The first kappa shape index (κ1) is 10.9. The fourth-order valence-corrected chi connectivity index (χ4v) is 0.808. The summed E-state index contributed by atoms with van der Waals surface area (Å²) in [6.07, 6.45) is 0.802. The molecule has 0 spiro atoms. The van der Waals surface area contributed by atoms with Gasteiger partial charge in [-0.25, -0.2) is 0 Å². The van der Waals surface area contributed by atoms with Crippen LogP contribution in [0.4, 0.5) is 0 Å². The third kappa shape index (κ3) is 5.18. The van der Waals surface area contributed by atoms with E-state index in [0.717, 1.165) is 0 Å². The van der Waals surface area contributed by atoms with Gasteiger partial charge in [-0.05, 0) is 20.5 Å². The number of hydrogen-bond acceptors (Lipinski definition) is 3. The first-order chi connectivity index (χ1) is 5.07. The minimum Gasteiger partial charge on any atom is -0.393 e. The van der Waals surface area contributed by atoms with E-state index in [0.29, 0.717) is 19.3 Å². The first-order valence-electron chi connectivity index (χ1n) is 3.89. The Kier molecular flexibility index (Phi) is 5.46. The highest BCUT2D eigenvalue weighted by atomic mass is 16.3. The van der Waals surface area contributed by atoms with Crippen molar-refractivity contribution < 1.29 is 10.2 Å². The maximum absolute atomic E-state index is 9.27. The lowest BCUT2D eigenvalue weighted by Gasteiger charge is -2.20. The summed E-state index contributed by atoms with van der Waals surface area (Å²) >= 11 is 0. The second kappa shape index (κ2) is 5.52. The van der Waals surface area contributed by atoms with Crippen molar-refractivity contribution in [1.82, 2.24) is 4.90 Å². The van der Waals surface area contributed by atoms with Crippen molar-refractivity contribution in [3.8, 4) is 0 Å². The molecule has 2 N–H and O–H groups in total. The molecular formula is C8H18NO2. The maximum atomic E-state index is 9.27. The summed E-state index contributed by atoms with van der Waals surface area (Å²) in [7, 11) is 3.56. The summed E-state index contributed by atoms with van der Waals surface area (Å²) in [4.78, 5) is 1.67. The summed E-state index contributed by atoms with van der Waals surface area (Å²) in [5.74, 6) is 0. The van der Waals surface area contributed by atoms with Crippen LogP contribution in [0.1, 0.15) is 19.3 Å². The van der Waals surface area contributed by atoms with E-state index in [1.165, 1.54) is 0 Å². The average molecular weight is 160 g/mol. The van der Waals surface area contributed by atoms with E-state index in [9.17, 15) is 10.2 Å². The highest BCUT2D eigenvalue weighted by Crippen LogP contribution is 2.05. The van der Waals surface area contributed by atoms with Crippen molar-refractivity contribution in [3.05, 3.63) is 6.92 Å². The molecule has 0 amide bonds. The van der Waals surface area contributed by atoms with Gasteiger partial charge in [-0.3, -0.25) is 4.90 Å². The van der Waals surface area contributed by atoms with E-state index < -0.39 is 12.3 Å². The number of aliphatic hydroxyl groups excluding tert-OH is 2. The minimum absolute atomic E-state index is 0.405. The van der Waals surface area contributed by atoms with Crippen LogP contribution in [0.25, 0.3) is 0 Å². The molecule has 3 heteroatoms. The van der Waals surface area contributed by atoms with E-state index in [1.54, 1.807) is 19.0 Å². The lowest BCUT2D eigenvalue weighted by molar-refractivity contribution is -0.00584. The van der Waals surface area contributed by atoms with Crippen LogP contribution in [0.15, 0.2) is 0 Å². The maximum Gasteiger partial charge on any atom is 0.109 e. The molecule has 3 nitrogen and oxygen atoms in total. The normalized spacial score (nSPS) is 16.9. The molecule has 0 aliphatic carbocycles. The van der Waals surface area contributed by atoms with Crippen LogP contribution >= 0.6 is 0 Å². The van der Waals surface area contributed by atoms with Crippen LogP contribution in [0.3, 0.4) is 0 Å². The molecule has 0 aromatic heterocycles. The molecule has 0 rings (SSSR count). The van der Waals surface area contributed by atoms with Crippen molar-refractivity contribution in [3.63, 3.8) is 0 Å².